The molecule has 3 aromatic carbocycles. The first-order valence-corrected chi connectivity index (χ1v) is 15.6. The molecule has 2 amide bonds. The van der Waals surface area contributed by atoms with Gasteiger partial charge in [-0.2, -0.15) is 0 Å². The summed E-state index contributed by atoms with van der Waals surface area (Å²) in [5, 5.41) is 3.56. The number of amides is 2. The van der Waals surface area contributed by atoms with Gasteiger partial charge in [-0.3, -0.25) is 9.59 Å². The molecule has 0 saturated carbocycles. The summed E-state index contributed by atoms with van der Waals surface area (Å²) in [5.74, 6) is -0.476. The van der Waals surface area contributed by atoms with Gasteiger partial charge >= 0.3 is 0 Å². The van der Waals surface area contributed by atoms with Crippen LogP contribution >= 0.6 is 11.6 Å². The normalized spacial score (nSPS) is 12.1. The number of halogens is 1. The Morgan fingerprint density at radius 3 is 2.22 bits per heavy atom. The Morgan fingerprint density at radius 1 is 0.927 bits per heavy atom. The van der Waals surface area contributed by atoms with Gasteiger partial charge in [0.2, 0.25) is 21.8 Å². The maximum atomic E-state index is 13.8. The van der Waals surface area contributed by atoms with Crippen molar-refractivity contribution in [3.63, 3.8) is 0 Å². The fourth-order valence-corrected chi connectivity index (χ4v) is 5.52. The molecule has 0 aliphatic rings. The fourth-order valence-electron chi connectivity index (χ4n) is 4.35. The molecule has 0 fully saturated rings. The standard InChI is InChI=1S/C31H38ClN3O5S/c1-3-34-41(38,39)28-18-13-24(14-19-28)15-20-29(36)35(23-25-11-16-27(32)17-12-25)30(26-9-6-5-7-10-26)31(37)33-21-8-22-40-4-2/h5-7,9-14,16-19,30,34H,3-4,8,15,20-23H2,1-2H3,(H,33,37)/t30-/m0/s1. The molecule has 0 spiro atoms. The molecule has 0 aliphatic heterocycles. The third kappa shape index (κ3) is 9.97. The number of hydrogen-bond donors (Lipinski definition) is 2. The maximum Gasteiger partial charge on any atom is 0.247 e. The van der Waals surface area contributed by atoms with Gasteiger partial charge in [0, 0.05) is 44.3 Å². The predicted octanol–water partition coefficient (Wildman–Crippen LogP) is 4.88. The van der Waals surface area contributed by atoms with Crippen molar-refractivity contribution < 1.29 is 22.7 Å². The van der Waals surface area contributed by atoms with Gasteiger partial charge in [-0.15, -0.1) is 0 Å². The van der Waals surface area contributed by atoms with Crippen molar-refractivity contribution in [3.05, 3.63) is 101 Å². The average molecular weight is 600 g/mol. The van der Waals surface area contributed by atoms with E-state index in [4.69, 9.17) is 16.3 Å². The van der Waals surface area contributed by atoms with E-state index in [-0.39, 0.29) is 29.7 Å². The Bertz CT molecular complexity index is 1350. The molecule has 220 valence electrons. The monoisotopic (exact) mass is 599 g/mol. The highest BCUT2D eigenvalue weighted by Gasteiger charge is 2.31. The van der Waals surface area contributed by atoms with E-state index in [0.29, 0.717) is 49.7 Å². The second kappa shape index (κ2) is 16.3. The average Bonchev–Trinajstić information content (AvgIpc) is 2.97. The van der Waals surface area contributed by atoms with Crippen molar-refractivity contribution in [1.82, 2.24) is 14.9 Å². The quantitative estimate of drug-likeness (QED) is 0.228. The zero-order valence-electron chi connectivity index (χ0n) is 23.5. The molecular formula is C31H38ClN3O5S. The van der Waals surface area contributed by atoms with Crippen LogP contribution < -0.4 is 10.0 Å². The molecule has 3 aromatic rings. The number of ether oxygens (including phenoxy) is 1. The lowest BCUT2D eigenvalue weighted by atomic mass is 10.0. The van der Waals surface area contributed by atoms with Crippen molar-refractivity contribution in [3.8, 4) is 0 Å². The molecule has 2 N–H and O–H groups in total. The molecule has 41 heavy (non-hydrogen) atoms. The van der Waals surface area contributed by atoms with E-state index in [1.807, 2.05) is 49.4 Å². The number of nitrogens with one attached hydrogen (secondary N) is 2. The van der Waals surface area contributed by atoms with Gasteiger partial charge < -0.3 is 15.0 Å². The zero-order chi connectivity index (χ0) is 29.7. The van der Waals surface area contributed by atoms with Gasteiger partial charge in [0.25, 0.3) is 0 Å². The molecule has 0 heterocycles. The molecule has 8 nitrogen and oxygen atoms in total. The largest absolute Gasteiger partial charge is 0.382 e. The van der Waals surface area contributed by atoms with E-state index in [1.54, 1.807) is 36.1 Å². The highest BCUT2D eigenvalue weighted by molar-refractivity contribution is 7.89. The van der Waals surface area contributed by atoms with Gasteiger partial charge in [-0.1, -0.05) is 73.1 Å². The summed E-state index contributed by atoms with van der Waals surface area (Å²) in [6.45, 7) is 5.72. The summed E-state index contributed by atoms with van der Waals surface area (Å²) >= 11 is 6.09. The minimum absolute atomic E-state index is 0.133. The summed E-state index contributed by atoms with van der Waals surface area (Å²) < 4.78 is 32.4. The number of rotatable bonds is 16. The number of nitrogens with zero attached hydrogens (tertiary/aromatic N) is 1. The third-order valence-electron chi connectivity index (χ3n) is 6.43. The Kier molecular flexibility index (Phi) is 12.8. The smallest absolute Gasteiger partial charge is 0.247 e. The van der Waals surface area contributed by atoms with Gasteiger partial charge in [0.1, 0.15) is 6.04 Å². The van der Waals surface area contributed by atoms with Crippen molar-refractivity contribution >= 4 is 33.4 Å². The van der Waals surface area contributed by atoms with E-state index in [9.17, 15) is 18.0 Å². The molecule has 10 heteroatoms. The molecule has 0 saturated heterocycles. The predicted molar refractivity (Wildman–Crippen MR) is 161 cm³/mol. The van der Waals surface area contributed by atoms with E-state index in [2.05, 4.69) is 10.0 Å². The first-order chi connectivity index (χ1) is 19.7. The lowest BCUT2D eigenvalue weighted by Gasteiger charge is -2.32. The molecule has 0 bridgehead atoms. The lowest BCUT2D eigenvalue weighted by molar-refractivity contribution is -0.141. The van der Waals surface area contributed by atoms with Crippen LogP contribution in [0.1, 0.15) is 49.4 Å². The van der Waals surface area contributed by atoms with Crippen LogP contribution in [0.4, 0.5) is 0 Å². The molecule has 0 aromatic heterocycles. The highest BCUT2D eigenvalue weighted by atomic mass is 35.5. The highest BCUT2D eigenvalue weighted by Crippen LogP contribution is 2.26. The number of benzene rings is 3. The number of aryl methyl sites for hydroxylation is 1. The Hall–Kier alpha value is -3.24. The van der Waals surface area contributed by atoms with E-state index >= 15 is 0 Å². The number of sulfonamides is 1. The maximum absolute atomic E-state index is 13.8. The summed E-state index contributed by atoms with van der Waals surface area (Å²) in [6.07, 6.45) is 1.18. The minimum Gasteiger partial charge on any atom is -0.382 e. The van der Waals surface area contributed by atoms with E-state index < -0.39 is 16.1 Å². The van der Waals surface area contributed by atoms with Crippen molar-refractivity contribution in [2.24, 2.45) is 0 Å². The lowest BCUT2D eigenvalue weighted by Crippen LogP contribution is -2.43. The van der Waals surface area contributed by atoms with Crippen LogP contribution in [0, 0.1) is 0 Å². The van der Waals surface area contributed by atoms with Crippen LogP contribution in [0.25, 0.3) is 0 Å². The van der Waals surface area contributed by atoms with Crippen LogP contribution in [0.2, 0.25) is 5.02 Å². The second-order valence-electron chi connectivity index (χ2n) is 9.45. The Labute approximate surface area is 248 Å². The van der Waals surface area contributed by atoms with Gasteiger partial charge in [0.15, 0.2) is 0 Å². The van der Waals surface area contributed by atoms with Crippen molar-refractivity contribution in [2.45, 2.75) is 50.6 Å². The second-order valence-corrected chi connectivity index (χ2v) is 11.7. The molecule has 0 radical (unpaired) electrons. The zero-order valence-corrected chi connectivity index (χ0v) is 25.1. The summed E-state index contributed by atoms with van der Waals surface area (Å²) in [4.78, 5) is 29.2. The van der Waals surface area contributed by atoms with Crippen LogP contribution in [-0.2, 0) is 37.3 Å². The number of carbonyl (C=O) groups excluding carboxylic acids is 2. The van der Waals surface area contributed by atoms with Crippen molar-refractivity contribution in [2.75, 3.05) is 26.3 Å². The molecule has 1 atom stereocenters. The Morgan fingerprint density at radius 2 is 1.59 bits per heavy atom. The van der Waals surface area contributed by atoms with Gasteiger partial charge in [-0.25, -0.2) is 13.1 Å². The minimum atomic E-state index is -3.56. The molecule has 0 unspecified atom stereocenters. The fraction of sp³-hybridized carbons (Fsp3) is 0.355. The summed E-state index contributed by atoms with van der Waals surface area (Å²) in [7, 11) is -3.56. The number of carbonyl (C=O) groups is 2. The van der Waals surface area contributed by atoms with Crippen LogP contribution in [0.5, 0.6) is 0 Å². The Balaban J connectivity index is 1.84. The van der Waals surface area contributed by atoms with E-state index in [1.165, 1.54) is 12.1 Å². The van der Waals surface area contributed by atoms with Crippen molar-refractivity contribution in [1.29, 1.82) is 0 Å². The van der Waals surface area contributed by atoms with Crippen LogP contribution in [0.15, 0.2) is 83.8 Å². The van der Waals surface area contributed by atoms with Gasteiger partial charge in [-0.05, 0) is 60.7 Å². The molecular weight excluding hydrogens is 562 g/mol. The van der Waals surface area contributed by atoms with Crippen LogP contribution in [-0.4, -0.2) is 51.4 Å². The number of hydrogen-bond acceptors (Lipinski definition) is 5. The first-order valence-electron chi connectivity index (χ1n) is 13.8. The SMILES string of the molecule is CCNS(=O)(=O)c1ccc(CCC(=O)N(Cc2ccc(Cl)cc2)[C@H](C(=O)NCCCOCC)c2ccccc2)cc1. The van der Waals surface area contributed by atoms with Gasteiger partial charge in [0.05, 0.1) is 4.90 Å². The van der Waals surface area contributed by atoms with Crippen LogP contribution in [0.3, 0.4) is 0 Å². The topological polar surface area (TPSA) is 105 Å². The molecule has 3 rings (SSSR count). The first kappa shape index (κ1) is 32.3. The third-order valence-corrected chi connectivity index (χ3v) is 8.24. The van der Waals surface area contributed by atoms with E-state index in [0.717, 1.165) is 11.1 Å². The molecule has 0 aliphatic carbocycles. The summed E-state index contributed by atoms with van der Waals surface area (Å²) in [6, 6.07) is 22.1. The summed E-state index contributed by atoms with van der Waals surface area (Å²) in [5.41, 5.74) is 2.36.